The van der Waals surface area contributed by atoms with Crippen molar-refractivity contribution in [2.24, 2.45) is 0 Å². The van der Waals surface area contributed by atoms with Gasteiger partial charge in [0.05, 0.1) is 18.5 Å². The minimum absolute atomic E-state index is 0.0642. The number of pyridine rings is 1. The normalized spacial score (nSPS) is 14.9. The van der Waals surface area contributed by atoms with Crippen molar-refractivity contribution in [2.45, 2.75) is 37.2 Å². The van der Waals surface area contributed by atoms with Crippen molar-refractivity contribution in [2.75, 3.05) is 36.5 Å². The van der Waals surface area contributed by atoms with Crippen LogP contribution in [0.3, 0.4) is 0 Å². The molecule has 32 heavy (non-hydrogen) atoms. The zero-order valence-corrected chi connectivity index (χ0v) is 19.2. The molecule has 0 aliphatic carbocycles. The highest BCUT2D eigenvalue weighted by Crippen LogP contribution is 2.28. The van der Waals surface area contributed by atoms with Gasteiger partial charge in [0.15, 0.2) is 11.0 Å². The minimum atomic E-state index is -0.320. The Hall–Kier alpha value is -2.91. The molecule has 1 aliphatic rings. The van der Waals surface area contributed by atoms with Crippen LogP contribution in [0.25, 0.3) is 11.4 Å². The predicted octanol–water partition coefficient (Wildman–Crippen LogP) is 3.71. The molecule has 0 radical (unpaired) electrons. The van der Waals surface area contributed by atoms with Crippen LogP contribution in [0.5, 0.6) is 0 Å². The van der Waals surface area contributed by atoms with Crippen LogP contribution in [0.2, 0.25) is 0 Å². The third-order valence-corrected chi connectivity index (χ3v) is 6.35. The fourth-order valence-corrected chi connectivity index (χ4v) is 4.42. The summed E-state index contributed by atoms with van der Waals surface area (Å²) >= 11 is 1.42. The number of aromatic nitrogens is 4. The molecule has 1 aromatic carbocycles. The van der Waals surface area contributed by atoms with Crippen LogP contribution in [-0.4, -0.2) is 57.2 Å². The molecule has 3 aromatic rings. The Labute approximate surface area is 192 Å². The van der Waals surface area contributed by atoms with Crippen molar-refractivity contribution in [1.82, 2.24) is 19.7 Å². The van der Waals surface area contributed by atoms with Crippen molar-refractivity contribution < 1.29 is 9.53 Å². The van der Waals surface area contributed by atoms with Gasteiger partial charge >= 0.3 is 0 Å². The summed E-state index contributed by atoms with van der Waals surface area (Å²) in [5.41, 5.74) is 2.89. The number of carbonyl (C=O) groups excluding carboxylic acids is 1. The molecule has 0 bridgehead atoms. The third-order valence-electron chi connectivity index (χ3n) is 5.27. The molecule has 3 heterocycles. The standard InChI is InChI=1S/C23H28N6O2S/c1-3-12-29-21(18-8-10-24-11-9-18)26-27-23(29)32-17(2)22(30)25-19-4-6-20(7-5-19)28-13-15-31-16-14-28/h4-11,17H,3,12-16H2,1-2H3,(H,25,30). The number of anilines is 2. The monoisotopic (exact) mass is 452 g/mol. The van der Waals surface area contributed by atoms with Crippen molar-refractivity contribution in [3.63, 3.8) is 0 Å². The molecule has 8 nitrogen and oxygen atoms in total. The average Bonchev–Trinajstić information content (AvgIpc) is 3.23. The number of thioether (sulfide) groups is 1. The van der Waals surface area contributed by atoms with Crippen LogP contribution < -0.4 is 10.2 Å². The molecule has 2 aromatic heterocycles. The summed E-state index contributed by atoms with van der Waals surface area (Å²) in [6.45, 7) is 8.06. The van der Waals surface area contributed by atoms with Crippen molar-refractivity contribution in [3.05, 3.63) is 48.8 Å². The summed E-state index contributed by atoms with van der Waals surface area (Å²) in [7, 11) is 0. The number of benzene rings is 1. The van der Waals surface area contributed by atoms with Crippen molar-refractivity contribution in [3.8, 4) is 11.4 Å². The molecule has 168 valence electrons. The Morgan fingerprint density at radius 1 is 1.12 bits per heavy atom. The molecule has 1 saturated heterocycles. The number of morpholine rings is 1. The van der Waals surface area contributed by atoms with Crippen LogP contribution in [0.1, 0.15) is 20.3 Å². The smallest absolute Gasteiger partial charge is 0.237 e. The number of ether oxygens (including phenoxy) is 1. The summed E-state index contributed by atoms with van der Waals surface area (Å²) < 4.78 is 7.48. The van der Waals surface area contributed by atoms with E-state index in [1.165, 1.54) is 11.8 Å². The van der Waals surface area contributed by atoms with Crippen molar-refractivity contribution in [1.29, 1.82) is 0 Å². The first-order chi connectivity index (χ1) is 15.7. The first-order valence-electron chi connectivity index (χ1n) is 10.9. The van der Waals surface area contributed by atoms with E-state index in [0.717, 1.165) is 67.2 Å². The second-order valence-corrected chi connectivity index (χ2v) is 8.90. The van der Waals surface area contributed by atoms with Gasteiger partial charge in [-0.2, -0.15) is 0 Å². The van der Waals surface area contributed by atoms with Crippen LogP contribution >= 0.6 is 11.8 Å². The molecule has 0 saturated carbocycles. The van der Waals surface area contributed by atoms with Gasteiger partial charge in [0, 0.05) is 49.0 Å². The predicted molar refractivity (Wildman–Crippen MR) is 127 cm³/mol. The molecule has 1 aliphatic heterocycles. The lowest BCUT2D eigenvalue weighted by Gasteiger charge is -2.28. The van der Waals surface area contributed by atoms with E-state index < -0.39 is 0 Å². The number of hydrogen-bond donors (Lipinski definition) is 1. The van der Waals surface area contributed by atoms with E-state index in [1.54, 1.807) is 12.4 Å². The maximum Gasteiger partial charge on any atom is 0.237 e. The molecular formula is C23H28N6O2S. The number of nitrogens with zero attached hydrogens (tertiary/aromatic N) is 5. The van der Waals surface area contributed by atoms with Gasteiger partial charge in [0.25, 0.3) is 0 Å². The molecular weight excluding hydrogens is 424 g/mol. The van der Waals surface area contributed by atoms with E-state index in [9.17, 15) is 4.79 Å². The third kappa shape index (κ3) is 5.28. The van der Waals surface area contributed by atoms with E-state index in [2.05, 4.69) is 36.9 Å². The Morgan fingerprint density at radius 2 is 1.84 bits per heavy atom. The lowest BCUT2D eigenvalue weighted by molar-refractivity contribution is -0.115. The average molecular weight is 453 g/mol. The number of hydrogen-bond acceptors (Lipinski definition) is 7. The SMILES string of the molecule is CCCn1c(SC(C)C(=O)Nc2ccc(N3CCOCC3)cc2)nnc1-c1ccncc1. The lowest BCUT2D eigenvalue weighted by Crippen LogP contribution is -2.36. The largest absolute Gasteiger partial charge is 0.378 e. The van der Waals surface area contributed by atoms with Gasteiger partial charge in [-0.3, -0.25) is 9.78 Å². The van der Waals surface area contributed by atoms with Gasteiger partial charge in [-0.25, -0.2) is 0 Å². The molecule has 1 amide bonds. The van der Waals surface area contributed by atoms with E-state index in [1.807, 2.05) is 43.3 Å². The minimum Gasteiger partial charge on any atom is -0.378 e. The molecule has 1 atom stereocenters. The Balaban J connectivity index is 1.41. The Bertz CT molecular complexity index is 1020. The van der Waals surface area contributed by atoms with Crippen LogP contribution in [0, 0.1) is 0 Å². The van der Waals surface area contributed by atoms with Crippen LogP contribution in [0.15, 0.2) is 53.9 Å². The highest BCUT2D eigenvalue weighted by atomic mass is 32.2. The summed E-state index contributed by atoms with van der Waals surface area (Å²) in [6.07, 6.45) is 4.43. The van der Waals surface area contributed by atoms with E-state index in [4.69, 9.17) is 4.74 Å². The van der Waals surface area contributed by atoms with Gasteiger partial charge in [0.1, 0.15) is 0 Å². The Morgan fingerprint density at radius 3 is 2.53 bits per heavy atom. The molecule has 4 rings (SSSR count). The zero-order chi connectivity index (χ0) is 22.3. The Kier molecular flexibility index (Phi) is 7.39. The summed E-state index contributed by atoms with van der Waals surface area (Å²) in [6, 6.07) is 11.8. The van der Waals surface area contributed by atoms with E-state index in [-0.39, 0.29) is 11.2 Å². The number of rotatable bonds is 8. The van der Waals surface area contributed by atoms with Gasteiger partial charge in [0.2, 0.25) is 5.91 Å². The highest BCUT2D eigenvalue weighted by molar-refractivity contribution is 8.00. The van der Waals surface area contributed by atoms with Gasteiger partial charge in [-0.15, -0.1) is 10.2 Å². The second-order valence-electron chi connectivity index (χ2n) is 7.59. The molecule has 9 heteroatoms. The quantitative estimate of drug-likeness (QED) is 0.522. The number of nitrogens with one attached hydrogen (secondary N) is 1. The number of amides is 1. The lowest BCUT2D eigenvalue weighted by atomic mass is 10.2. The molecule has 1 N–H and O–H groups in total. The molecule has 1 fully saturated rings. The first kappa shape index (κ1) is 22.3. The first-order valence-corrected chi connectivity index (χ1v) is 11.8. The summed E-state index contributed by atoms with van der Waals surface area (Å²) in [5.74, 6) is 0.730. The zero-order valence-electron chi connectivity index (χ0n) is 18.4. The maximum atomic E-state index is 12.8. The summed E-state index contributed by atoms with van der Waals surface area (Å²) in [4.78, 5) is 19.2. The van der Waals surface area contributed by atoms with E-state index in [0.29, 0.717) is 0 Å². The highest BCUT2D eigenvalue weighted by Gasteiger charge is 2.21. The maximum absolute atomic E-state index is 12.8. The molecule has 1 unspecified atom stereocenters. The van der Waals surface area contributed by atoms with Gasteiger partial charge < -0.3 is 19.5 Å². The summed E-state index contributed by atoms with van der Waals surface area (Å²) in [5, 5.41) is 12.2. The van der Waals surface area contributed by atoms with E-state index >= 15 is 0 Å². The van der Waals surface area contributed by atoms with Crippen LogP contribution in [0.4, 0.5) is 11.4 Å². The topological polar surface area (TPSA) is 85.2 Å². The fourth-order valence-electron chi connectivity index (χ4n) is 3.55. The van der Waals surface area contributed by atoms with Gasteiger partial charge in [-0.05, 0) is 49.7 Å². The fraction of sp³-hybridized carbons (Fsp3) is 0.391. The second kappa shape index (κ2) is 10.6. The number of carbonyl (C=O) groups is 1. The van der Waals surface area contributed by atoms with Crippen molar-refractivity contribution >= 4 is 29.0 Å². The molecule has 0 spiro atoms. The van der Waals surface area contributed by atoms with Crippen LogP contribution in [-0.2, 0) is 16.1 Å². The van der Waals surface area contributed by atoms with Gasteiger partial charge in [-0.1, -0.05) is 18.7 Å².